The first-order valence-corrected chi connectivity index (χ1v) is 10.4. The molecule has 0 spiro atoms. The van der Waals surface area contributed by atoms with Crippen LogP contribution in [-0.4, -0.2) is 40.2 Å². The zero-order valence-corrected chi connectivity index (χ0v) is 16.3. The van der Waals surface area contributed by atoms with Crippen LogP contribution in [0.3, 0.4) is 0 Å². The minimum Gasteiger partial charge on any atom is -0.452 e. The van der Waals surface area contributed by atoms with E-state index in [4.69, 9.17) is 4.74 Å². The number of carbonyl (C=O) groups is 2. The highest BCUT2D eigenvalue weighted by atomic mass is 32.2. The molecular formula is C19H17N3O3S2. The van der Waals surface area contributed by atoms with E-state index in [1.54, 1.807) is 11.8 Å². The topological polar surface area (TPSA) is 72.4 Å². The number of benzene rings is 1. The minimum absolute atomic E-state index is 0.0934. The highest BCUT2D eigenvalue weighted by Gasteiger charge is 2.29. The molecular weight excluding hydrogens is 382 g/mol. The summed E-state index contributed by atoms with van der Waals surface area (Å²) in [4.78, 5) is 35.9. The number of esters is 1. The molecule has 0 aliphatic carbocycles. The van der Waals surface area contributed by atoms with E-state index in [1.807, 2.05) is 35.7 Å². The standard InChI is InChI=1S/C19H17N3O3S2/c1-12(19(24)22-8-6-13-4-2-3-5-15(13)22)25-16(23)10-27-18-14-7-9-26-17(14)20-11-21-18/h2-5,7,9,11-12H,6,8,10H2,1H3/t12-/m1/s1. The Labute approximate surface area is 164 Å². The average Bonchev–Trinajstić information content (AvgIpc) is 3.32. The number of nitrogens with zero attached hydrogens (tertiary/aromatic N) is 3. The summed E-state index contributed by atoms with van der Waals surface area (Å²) < 4.78 is 5.36. The Morgan fingerprint density at radius 2 is 2.15 bits per heavy atom. The van der Waals surface area contributed by atoms with Gasteiger partial charge in [0.15, 0.2) is 6.10 Å². The molecule has 0 N–H and O–H groups in total. The van der Waals surface area contributed by atoms with Crippen molar-refractivity contribution in [3.8, 4) is 0 Å². The number of hydrogen-bond acceptors (Lipinski definition) is 7. The third-order valence-corrected chi connectivity index (χ3v) is 6.16. The molecule has 0 unspecified atom stereocenters. The van der Waals surface area contributed by atoms with E-state index in [9.17, 15) is 9.59 Å². The molecule has 3 heterocycles. The molecule has 1 aliphatic rings. The fourth-order valence-electron chi connectivity index (χ4n) is 3.08. The lowest BCUT2D eigenvalue weighted by molar-refractivity contribution is -0.151. The number of fused-ring (bicyclic) bond motifs is 2. The average molecular weight is 399 g/mol. The summed E-state index contributed by atoms with van der Waals surface area (Å²) in [6.07, 6.45) is 1.49. The van der Waals surface area contributed by atoms with Crippen LogP contribution in [0.25, 0.3) is 10.2 Å². The van der Waals surface area contributed by atoms with Crippen LogP contribution in [0.5, 0.6) is 0 Å². The number of ether oxygens (including phenoxy) is 1. The van der Waals surface area contributed by atoms with Crippen molar-refractivity contribution >= 4 is 50.9 Å². The lowest BCUT2D eigenvalue weighted by Gasteiger charge is -2.21. The molecule has 4 rings (SSSR count). The monoisotopic (exact) mass is 399 g/mol. The van der Waals surface area contributed by atoms with Crippen molar-refractivity contribution < 1.29 is 14.3 Å². The summed E-state index contributed by atoms with van der Waals surface area (Å²) in [5.74, 6) is -0.535. The van der Waals surface area contributed by atoms with Crippen molar-refractivity contribution in [3.05, 3.63) is 47.6 Å². The van der Waals surface area contributed by atoms with Crippen LogP contribution in [0.1, 0.15) is 12.5 Å². The van der Waals surface area contributed by atoms with Gasteiger partial charge in [0, 0.05) is 17.6 Å². The first kappa shape index (κ1) is 17.9. The van der Waals surface area contributed by atoms with E-state index >= 15 is 0 Å². The number of aromatic nitrogens is 2. The van der Waals surface area contributed by atoms with Gasteiger partial charge in [-0.15, -0.1) is 11.3 Å². The van der Waals surface area contributed by atoms with Gasteiger partial charge >= 0.3 is 5.97 Å². The largest absolute Gasteiger partial charge is 0.452 e. The molecule has 8 heteroatoms. The van der Waals surface area contributed by atoms with Crippen LogP contribution in [0.4, 0.5) is 5.69 Å². The molecule has 1 atom stereocenters. The molecule has 0 fully saturated rings. The van der Waals surface area contributed by atoms with E-state index in [0.717, 1.165) is 32.9 Å². The molecule has 3 aromatic rings. The number of rotatable bonds is 5. The van der Waals surface area contributed by atoms with Gasteiger partial charge in [-0.25, -0.2) is 9.97 Å². The maximum Gasteiger partial charge on any atom is 0.317 e. The Kier molecular flexibility index (Phi) is 5.09. The van der Waals surface area contributed by atoms with Crippen molar-refractivity contribution in [1.82, 2.24) is 9.97 Å². The van der Waals surface area contributed by atoms with Crippen molar-refractivity contribution in [1.29, 1.82) is 0 Å². The van der Waals surface area contributed by atoms with Crippen LogP contribution in [-0.2, 0) is 20.7 Å². The fourth-order valence-corrected chi connectivity index (χ4v) is 4.64. The Balaban J connectivity index is 1.35. The van der Waals surface area contributed by atoms with Gasteiger partial charge in [0.2, 0.25) is 0 Å². The van der Waals surface area contributed by atoms with Gasteiger partial charge < -0.3 is 9.64 Å². The second kappa shape index (κ2) is 7.66. The summed E-state index contributed by atoms with van der Waals surface area (Å²) in [6.45, 7) is 2.24. The molecule has 0 saturated heterocycles. The molecule has 1 aliphatic heterocycles. The molecule has 0 bridgehead atoms. The van der Waals surface area contributed by atoms with E-state index in [0.29, 0.717) is 6.54 Å². The van der Waals surface area contributed by atoms with Crippen molar-refractivity contribution in [2.24, 2.45) is 0 Å². The number of carbonyl (C=O) groups excluding carboxylic acids is 2. The van der Waals surface area contributed by atoms with Crippen molar-refractivity contribution in [3.63, 3.8) is 0 Å². The normalized spacial score (nSPS) is 14.2. The van der Waals surface area contributed by atoms with E-state index in [1.165, 1.54) is 29.4 Å². The second-order valence-electron chi connectivity index (χ2n) is 6.11. The first-order valence-electron chi connectivity index (χ1n) is 8.53. The van der Waals surface area contributed by atoms with Gasteiger partial charge in [0.05, 0.1) is 5.75 Å². The SMILES string of the molecule is C[C@@H](OC(=O)CSc1ncnc2sccc12)C(=O)N1CCc2ccccc21. The highest BCUT2D eigenvalue weighted by molar-refractivity contribution is 8.00. The molecule has 1 aromatic carbocycles. The summed E-state index contributed by atoms with van der Waals surface area (Å²) in [5.41, 5.74) is 2.05. The lowest BCUT2D eigenvalue weighted by Crippen LogP contribution is -2.39. The minimum atomic E-state index is -0.823. The third kappa shape index (κ3) is 3.68. The van der Waals surface area contributed by atoms with Gasteiger partial charge in [0.1, 0.15) is 16.2 Å². The van der Waals surface area contributed by atoms with Crippen LogP contribution in [0.15, 0.2) is 47.1 Å². The van der Waals surface area contributed by atoms with Gasteiger partial charge in [-0.1, -0.05) is 30.0 Å². The molecule has 2 aromatic heterocycles. The smallest absolute Gasteiger partial charge is 0.317 e. The Morgan fingerprint density at radius 3 is 3.04 bits per heavy atom. The maximum absolute atomic E-state index is 12.7. The first-order chi connectivity index (χ1) is 13.1. The number of thiophene rings is 1. The molecule has 0 radical (unpaired) electrons. The Bertz CT molecular complexity index is 1000. The summed E-state index contributed by atoms with van der Waals surface area (Å²) >= 11 is 2.82. The van der Waals surface area contributed by atoms with Gasteiger partial charge in [0.25, 0.3) is 5.91 Å². The van der Waals surface area contributed by atoms with Crippen LogP contribution in [0, 0.1) is 0 Å². The number of amides is 1. The van der Waals surface area contributed by atoms with Gasteiger partial charge in [-0.05, 0) is 36.4 Å². The number of hydrogen-bond donors (Lipinski definition) is 0. The predicted molar refractivity (Wildman–Crippen MR) is 106 cm³/mol. The third-order valence-electron chi connectivity index (χ3n) is 4.36. The maximum atomic E-state index is 12.7. The summed E-state index contributed by atoms with van der Waals surface area (Å²) in [5, 5.41) is 3.61. The Morgan fingerprint density at radius 1 is 1.30 bits per heavy atom. The van der Waals surface area contributed by atoms with E-state index in [2.05, 4.69) is 9.97 Å². The van der Waals surface area contributed by atoms with E-state index < -0.39 is 12.1 Å². The lowest BCUT2D eigenvalue weighted by atomic mass is 10.2. The van der Waals surface area contributed by atoms with E-state index in [-0.39, 0.29) is 11.7 Å². The molecule has 27 heavy (non-hydrogen) atoms. The number of para-hydroxylation sites is 1. The zero-order valence-electron chi connectivity index (χ0n) is 14.6. The molecule has 6 nitrogen and oxygen atoms in total. The highest BCUT2D eigenvalue weighted by Crippen LogP contribution is 2.29. The molecule has 1 amide bonds. The zero-order chi connectivity index (χ0) is 18.8. The van der Waals surface area contributed by atoms with Gasteiger partial charge in [-0.3, -0.25) is 9.59 Å². The van der Waals surface area contributed by atoms with Crippen LogP contribution in [0.2, 0.25) is 0 Å². The molecule has 0 saturated carbocycles. The predicted octanol–water partition coefficient (Wildman–Crippen LogP) is 3.30. The summed E-state index contributed by atoms with van der Waals surface area (Å²) in [7, 11) is 0. The summed E-state index contributed by atoms with van der Waals surface area (Å²) in [6, 6.07) is 9.75. The van der Waals surface area contributed by atoms with Crippen LogP contribution < -0.4 is 4.90 Å². The second-order valence-corrected chi connectivity index (χ2v) is 7.97. The van der Waals surface area contributed by atoms with Gasteiger partial charge in [-0.2, -0.15) is 0 Å². The fraction of sp³-hybridized carbons (Fsp3) is 0.263. The van der Waals surface area contributed by atoms with Crippen molar-refractivity contribution in [2.45, 2.75) is 24.5 Å². The van der Waals surface area contributed by atoms with Crippen LogP contribution >= 0.6 is 23.1 Å². The number of anilines is 1. The van der Waals surface area contributed by atoms with Crippen molar-refractivity contribution in [2.75, 3.05) is 17.2 Å². The molecule has 138 valence electrons. The number of thioether (sulfide) groups is 1. The Hall–Kier alpha value is -2.45. The quantitative estimate of drug-likeness (QED) is 0.372.